The Morgan fingerprint density at radius 2 is 1.91 bits per heavy atom. The molecule has 0 atom stereocenters. The van der Waals surface area contributed by atoms with Crippen molar-refractivity contribution in [2.75, 3.05) is 0 Å². The lowest BCUT2D eigenvalue weighted by molar-refractivity contribution is 0.0690. The van der Waals surface area contributed by atoms with Crippen LogP contribution in [0.1, 0.15) is 35.6 Å². The van der Waals surface area contributed by atoms with Crippen molar-refractivity contribution in [3.63, 3.8) is 0 Å². The number of hydrogen-bond donors (Lipinski definition) is 0. The van der Waals surface area contributed by atoms with E-state index in [-0.39, 0.29) is 11.9 Å². The number of aromatic nitrogens is 3. The number of rotatable bonds is 4. The molecule has 5 heteroatoms. The fourth-order valence-corrected chi connectivity index (χ4v) is 2.58. The molecule has 3 rings (SSSR count). The van der Waals surface area contributed by atoms with E-state index in [0.29, 0.717) is 17.8 Å². The molecule has 0 aliphatic rings. The van der Waals surface area contributed by atoms with Crippen molar-refractivity contribution in [3.05, 3.63) is 65.6 Å². The number of hydrogen-bond acceptors (Lipinski definition) is 3. The first-order valence-electron chi connectivity index (χ1n) is 7.72. The van der Waals surface area contributed by atoms with Gasteiger partial charge in [0, 0.05) is 24.3 Å². The van der Waals surface area contributed by atoms with E-state index in [2.05, 4.69) is 10.2 Å². The third kappa shape index (κ3) is 3.08. The van der Waals surface area contributed by atoms with Gasteiger partial charge in [-0.3, -0.25) is 9.20 Å². The van der Waals surface area contributed by atoms with Crippen molar-refractivity contribution in [2.24, 2.45) is 0 Å². The first-order valence-corrected chi connectivity index (χ1v) is 7.72. The summed E-state index contributed by atoms with van der Waals surface area (Å²) in [5.74, 6) is 0.816. The van der Waals surface area contributed by atoms with Gasteiger partial charge in [0.2, 0.25) is 0 Å². The molecular formula is C18H20N4O. The van der Waals surface area contributed by atoms with E-state index in [0.717, 1.165) is 11.4 Å². The number of fused-ring (bicyclic) bond motifs is 1. The Bertz CT molecular complexity index is 823. The van der Waals surface area contributed by atoms with Crippen molar-refractivity contribution < 1.29 is 4.79 Å². The Labute approximate surface area is 135 Å². The van der Waals surface area contributed by atoms with Crippen LogP contribution in [-0.2, 0) is 6.54 Å². The van der Waals surface area contributed by atoms with E-state index in [9.17, 15) is 4.79 Å². The standard InChI is InChI=1S/C18H20N4O/c1-13(2)22(12-15-7-5-4-6-8-15)18(23)16-9-10-21-14(3)19-20-17(21)11-16/h4-11,13H,12H2,1-3H3. The molecule has 1 amide bonds. The molecule has 0 unspecified atom stereocenters. The number of carbonyl (C=O) groups excluding carboxylic acids is 1. The van der Waals surface area contributed by atoms with Gasteiger partial charge in [-0.05, 0) is 38.5 Å². The smallest absolute Gasteiger partial charge is 0.254 e. The number of amides is 1. The second-order valence-electron chi connectivity index (χ2n) is 5.90. The first-order chi connectivity index (χ1) is 11.1. The van der Waals surface area contributed by atoms with E-state index >= 15 is 0 Å². The molecule has 2 heterocycles. The molecule has 118 valence electrons. The van der Waals surface area contributed by atoms with Gasteiger partial charge in [0.05, 0.1) is 0 Å². The van der Waals surface area contributed by atoms with Crippen LogP contribution in [0, 0.1) is 6.92 Å². The van der Waals surface area contributed by atoms with Gasteiger partial charge >= 0.3 is 0 Å². The normalized spacial score (nSPS) is 11.1. The van der Waals surface area contributed by atoms with E-state index in [1.54, 1.807) is 6.07 Å². The summed E-state index contributed by atoms with van der Waals surface area (Å²) in [5, 5.41) is 8.12. The maximum absolute atomic E-state index is 12.9. The van der Waals surface area contributed by atoms with Gasteiger partial charge in [-0.25, -0.2) is 0 Å². The number of aryl methyl sites for hydroxylation is 1. The Hall–Kier alpha value is -2.69. The number of nitrogens with zero attached hydrogens (tertiary/aromatic N) is 4. The highest BCUT2D eigenvalue weighted by atomic mass is 16.2. The minimum absolute atomic E-state index is 0.00649. The van der Waals surface area contributed by atoms with Crippen LogP contribution in [0.2, 0.25) is 0 Å². The lowest BCUT2D eigenvalue weighted by atomic mass is 10.1. The van der Waals surface area contributed by atoms with Crippen LogP contribution < -0.4 is 0 Å². The summed E-state index contributed by atoms with van der Waals surface area (Å²) in [6.07, 6.45) is 1.85. The molecule has 0 bridgehead atoms. The van der Waals surface area contributed by atoms with Crippen molar-refractivity contribution in [1.29, 1.82) is 0 Å². The number of carbonyl (C=O) groups is 1. The minimum atomic E-state index is 0.00649. The maximum atomic E-state index is 12.9. The van der Waals surface area contributed by atoms with Crippen LogP contribution in [0.5, 0.6) is 0 Å². The van der Waals surface area contributed by atoms with E-state index in [1.807, 2.05) is 72.7 Å². The van der Waals surface area contributed by atoms with Gasteiger partial charge in [-0.2, -0.15) is 0 Å². The largest absolute Gasteiger partial charge is 0.332 e. The molecule has 2 aromatic heterocycles. The van der Waals surface area contributed by atoms with Gasteiger partial charge < -0.3 is 4.90 Å². The molecule has 23 heavy (non-hydrogen) atoms. The zero-order chi connectivity index (χ0) is 16.4. The zero-order valence-corrected chi connectivity index (χ0v) is 13.6. The Morgan fingerprint density at radius 3 is 2.61 bits per heavy atom. The minimum Gasteiger partial charge on any atom is -0.332 e. The summed E-state index contributed by atoms with van der Waals surface area (Å²) in [7, 11) is 0. The van der Waals surface area contributed by atoms with E-state index in [4.69, 9.17) is 0 Å². The summed E-state index contributed by atoms with van der Waals surface area (Å²) < 4.78 is 1.87. The molecule has 1 aromatic carbocycles. The SMILES string of the molecule is Cc1nnc2cc(C(=O)N(Cc3ccccc3)C(C)C)ccn12. The van der Waals surface area contributed by atoms with Crippen LogP contribution in [0.4, 0.5) is 0 Å². The van der Waals surface area contributed by atoms with Gasteiger partial charge in [0.1, 0.15) is 5.82 Å². The molecule has 5 nitrogen and oxygen atoms in total. The Kier molecular flexibility index (Phi) is 4.10. The summed E-state index contributed by atoms with van der Waals surface area (Å²) in [6, 6.07) is 13.8. The molecular weight excluding hydrogens is 288 g/mol. The van der Waals surface area contributed by atoms with Gasteiger partial charge in [-0.15, -0.1) is 10.2 Å². The van der Waals surface area contributed by atoms with Crippen LogP contribution in [0.3, 0.4) is 0 Å². The quantitative estimate of drug-likeness (QED) is 0.744. The summed E-state index contributed by atoms with van der Waals surface area (Å²) in [6.45, 7) is 6.53. The molecule has 0 aliphatic heterocycles. The number of benzene rings is 1. The van der Waals surface area contributed by atoms with Crippen LogP contribution in [0.25, 0.3) is 5.65 Å². The summed E-state index contributed by atoms with van der Waals surface area (Å²) in [4.78, 5) is 14.8. The van der Waals surface area contributed by atoms with Crippen LogP contribution in [-0.4, -0.2) is 31.4 Å². The third-order valence-electron chi connectivity index (χ3n) is 3.91. The van der Waals surface area contributed by atoms with Crippen molar-refractivity contribution in [2.45, 2.75) is 33.4 Å². The van der Waals surface area contributed by atoms with Crippen LogP contribution >= 0.6 is 0 Å². The highest BCUT2D eigenvalue weighted by Crippen LogP contribution is 2.15. The molecule has 0 radical (unpaired) electrons. The fraction of sp³-hybridized carbons (Fsp3) is 0.278. The third-order valence-corrected chi connectivity index (χ3v) is 3.91. The predicted molar refractivity (Wildman–Crippen MR) is 89.2 cm³/mol. The second-order valence-corrected chi connectivity index (χ2v) is 5.90. The van der Waals surface area contributed by atoms with Crippen LogP contribution in [0.15, 0.2) is 48.7 Å². The topological polar surface area (TPSA) is 50.5 Å². The first kappa shape index (κ1) is 15.2. The van der Waals surface area contributed by atoms with Crippen molar-refractivity contribution in [1.82, 2.24) is 19.5 Å². The van der Waals surface area contributed by atoms with E-state index in [1.165, 1.54) is 0 Å². The Morgan fingerprint density at radius 1 is 1.17 bits per heavy atom. The molecule has 0 aliphatic carbocycles. The van der Waals surface area contributed by atoms with E-state index < -0.39 is 0 Å². The van der Waals surface area contributed by atoms with Gasteiger partial charge in [-0.1, -0.05) is 30.3 Å². The lowest BCUT2D eigenvalue weighted by Gasteiger charge is -2.27. The average Bonchev–Trinajstić information content (AvgIpc) is 2.93. The molecule has 0 saturated heterocycles. The lowest BCUT2D eigenvalue weighted by Crippen LogP contribution is -2.36. The summed E-state index contributed by atoms with van der Waals surface area (Å²) in [5.41, 5.74) is 2.44. The highest BCUT2D eigenvalue weighted by molar-refractivity contribution is 5.95. The highest BCUT2D eigenvalue weighted by Gasteiger charge is 2.20. The molecule has 3 aromatic rings. The van der Waals surface area contributed by atoms with Crippen molar-refractivity contribution in [3.8, 4) is 0 Å². The maximum Gasteiger partial charge on any atom is 0.254 e. The van der Waals surface area contributed by atoms with Crippen molar-refractivity contribution >= 4 is 11.6 Å². The fourth-order valence-electron chi connectivity index (χ4n) is 2.58. The molecule has 0 N–H and O–H groups in total. The predicted octanol–water partition coefficient (Wildman–Crippen LogP) is 3.09. The van der Waals surface area contributed by atoms with Gasteiger partial charge in [0.25, 0.3) is 5.91 Å². The van der Waals surface area contributed by atoms with Gasteiger partial charge in [0.15, 0.2) is 5.65 Å². The molecule has 0 spiro atoms. The molecule has 0 saturated carbocycles. The Balaban J connectivity index is 1.90. The monoisotopic (exact) mass is 308 g/mol. The second kappa shape index (κ2) is 6.20. The molecule has 0 fully saturated rings. The average molecular weight is 308 g/mol. The number of pyridine rings is 1. The summed E-state index contributed by atoms with van der Waals surface area (Å²) >= 11 is 0. The zero-order valence-electron chi connectivity index (χ0n) is 13.6.